The molecule has 0 saturated carbocycles. The smallest absolute Gasteiger partial charge is 0.343 e. The van der Waals surface area contributed by atoms with Gasteiger partial charge in [-0.25, -0.2) is 4.79 Å². The molecule has 2 rings (SSSR count). The molecule has 1 aromatic rings. The highest BCUT2D eigenvalue weighted by Gasteiger charge is 2.07. The number of carbonyl (C=O) groups is 1. The third kappa shape index (κ3) is 3.36. The van der Waals surface area contributed by atoms with E-state index in [1.165, 1.54) is 37.5 Å². The Morgan fingerprint density at radius 2 is 2.00 bits per heavy atom. The van der Waals surface area contributed by atoms with Crippen molar-refractivity contribution in [2.75, 3.05) is 13.7 Å². The molecular weight excluding hydrogens is 228 g/mol. The number of allylic oxidation sites excluding steroid dienone is 2. The van der Waals surface area contributed by atoms with E-state index in [0.717, 1.165) is 6.42 Å². The standard InChI is InChI=1S/C15H18O3/c1-17-15(16)11-18-14-9-7-13(8-10-14)12-5-3-2-4-6-12/h5,7-10H,2-4,6,11H2,1H3. The molecule has 0 heterocycles. The van der Waals surface area contributed by atoms with Crippen molar-refractivity contribution in [1.82, 2.24) is 0 Å². The van der Waals surface area contributed by atoms with Gasteiger partial charge in [-0.3, -0.25) is 0 Å². The van der Waals surface area contributed by atoms with Crippen LogP contribution in [0.25, 0.3) is 5.57 Å². The first-order valence-electron chi connectivity index (χ1n) is 6.28. The van der Waals surface area contributed by atoms with Gasteiger partial charge in [-0.2, -0.15) is 0 Å². The van der Waals surface area contributed by atoms with Gasteiger partial charge in [0, 0.05) is 0 Å². The summed E-state index contributed by atoms with van der Waals surface area (Å²) >= 11 is 0. The van der Waals surface area contributed by atoms with Crippen LogP contribution in [0.3, 0.4) is 0 Å². The first-order valence-corrected chi connectivity index (χ1v) is 6.28. The van der Waals surface area contributed by atoms with Crippen LogP contribution in [0.15, 0.2) is 30.3 Å². The number of ether oxygens (including phenoxy) is 2. The molecule has 0 aromatic heterocycles. The van der Waals surface area contributed by atoms with Crippen LogP contribution in [0.1, 0.15) is 31.2 Å². The lowest BCUT2D eigenvalue weighted by atomic mass is 9.94. The molecule has 0 spiro atoms. The largest absolute Gasteiger partial charge is 0.482 e. The number of esters is 1. The Bertz CT molecular complexity index is 432. The molecule has 1 aromatic carbocycles. The van der Waals surface area contributed by atoms with Crippen molar-refractivity contribution in [2.45, 2.75) is 25.7 Å². The Morgan fingerprint density at radius 3 is 2.61 bits per heavy atom. The first-order chi connectivity index (χ1) is 8.79. The predicted molar refractivity (Wildman–Crippen MR) is 70.4 cm³/mol. The third-order valence-electron chi connectivity index (χ3n) is 3.10. The van der Waals surface area contributed by atoms with Gasteiger partial charge in [0.05, 0.1) is 7.11 Å². The summed E-state index contributed by atoms with van der Waals surface area (Å²) in [7, 11) is 1.35. The Kier molecular flexibility index (Phi) is 4.40. The van der Waals surface area contributed by atoms with Crippen LogP contribution in [0.2, 0.25) is 0 Å². The first kappa shape index (κ1) is 12.7. The zero-order valence-corrected chi connectivity index (χ0v) is 10.6. The highest BCUT2D eigenvalue weighted by molar-refractivity contribution is 5.71. The van der Waals surface area contributed by atoms with E-state index in [0.29, 0.717) is 5.75 Å². The van der Waals surface area contributed by atoms with Gasteiger partial charge >= 0.3 is 5.97 Å². The molecule has 3 heteroatoms. The average Bonchev–Trinajstić information content (AvgIpc) is 2.46. The van der Waals surface area contributed by atoms with Crippen LogP contribution >= 0.6 is 0 Å². The maximum Gasteiger partial charge on any atom is 0.343 e. The summed E-state index contributed by atoms with van der Waals surface area (Å²) in [6.07, 6.45) is 7.21. The average molecular weight is 246 g/mol. The zero-order valence-electron chi connectivity index (χ0n) is 10.6. The Balaban J connectivity index is 1.97. The van der Waals surface area contributed by atoms with Gasteiger partial charge in [-0.1, -0.05) is 18.2 Å². The number of benzene rings is 1. The lowest BCUT2D eigenvalue weighted by Gasteiger charge is -2.13. The van der Waals surface area contributed by atoms with E-state index in [9.17, 15) is 4.79 Å². The maximum absolute atomic E-state index is 10.9. The molecule has 0 saturated heterocycles. The van der Waals surface area contributed by atoms with Crippen LogP contribution in [-0.4, -0.2) is 19.7 Å². The molecule has 0 radical (unpaired) electrons. The van der Waals surface area contributed by atoms with Gasteiger partial charge in [0.2, 0.25) is 0 Å². The van der Waals surface area contributed by atoms with Crippen molar-refractivity contribution < 1.29 is 14.3 Å². The van der Waals surface area contributed by atoms with Gasteiger partial charge in [0.15, 0.2) is 6.61 Å². The molecule has 96 valence electrons. The second kappa shape index (κ2) is 6.24. The summed E-state index contributed by atoms with van der Waals surface area (Å²) in [6, 6.07) is 7.88. The predicted octanol–water partition coefficient (Wildman–Crippen LogP) is 3.20. The Hall–Kier alpha value is -1.77. The van der Waals surface area contributed by atoms with Crippen molar-refractivity contribution >= 4 is 11.5 Å². The number of hydrogen-bond donors (Lipinski definition) is 0. The molecule has 0 amide bonds. The maximum atomic E-state index is 10.9. The van der Waals surface area contributed by atoms with Crippen LogP contribution in [-0.2, 0) is 9.53 Å². The normalized spacial score (nSPS) is 14.8. The highest BCUT2D eigenvalue weighted by Crippen LogP contribution is 2.27. The van der Waals surface area contributed by atoms with Crippen molar-refractivity contribution in [3.05, 3.63) is 35.9 Å². The summed E-state index contributed by atoms with van der Waals surface area (Å²) in [4.78, 5) is 10.9. The second-order valence-electron chi connectivity index (χ2n) is 4.36. The number of rotatable bonds is 4. The van der Waals surface area contributed by atoms with Crippen molar-refractivity contribution in [1.29, 1.82) is 0 Å². The molecule has 0 fully saturated rings. The van der Waals surface area contributed by atoms with Crippen molar-refractivity contribution in [3.63, 3.8) is 0 Å². The summed E-state index contributed by atoms with van der Waals surface area (Å²) in [5.74, 6) is 0.328. The van der Waals surface area contributed by atoms with Crippen LogP contribution < -0.4 is 4.74 Å². The summed E-state index contributed by atoms with van der Waals surface area (Å²) in [5, 5.41) is 0. The number of methoxy groups -OCH3 is 1. The second-order valence-corrected chi connectivity index (χ2v) is 4.36. The SMILES string of the molecule is COC(=O)COc1ccc(C2=CCCCC2)cc1. The van der Waals surface area contributed by atoms with Gasteiger partial charge < -0.3 is 9.47 Å². The van der Waals surface area contributed by atoms with E-state index >= 15 is 0 Å². The molecule has 0 aliphatic heterocycles. The molecule has 0 bridgehead atoms. The Labute approximate surface area is 107 Å². The third-order valence-corrected chi connectivity index (χ3v) is 3.10. The van der Waals surface area contributed by atoms with E-state index in [1.807, 2.05) is 24.3 Å². The van der Waals surface area contributed by atoms with Crippen LogP contribution in [0, 0.1) is 0 Å². The van der Waals surface area contributed by atoms with E-state index in [-0.39, 0.29) is 12.6 Å². The minimum atomic E-state index is -0.367. The molecular formula is C15H18O3. The lowest BCUT2D eigenvalue weighted by molar-refractivity contribution is -0.142. The molecule has 3 nitrogen and oxygen atoms in total. The van der Waals surface area contributed by atoms with E-state index in [2.05, 4.69) is 10.8 Å². The monoisotopic (exact) mass is 246 g/mol. The fourth-order valence-electron chi connectivity index (χ4n) is 2.07. The van der Waals surface area contributed by atoms with Gasteiger partial charge in [-0.15, -0.1) is 0 Å². The van der Waals surface area contributed by atoms with Crippen LogP contribution in [0.4, 0.5) is 0 Å². The van der Waals surface area contributed by atoms with E-state index < -0.39 is 0 Å². The summed E-state index contributed by atoms with van der Waals surface area (Å²) in [6.45, 7) is -0.0431. The fraction of sp³-hybridized carbons (Fsp3) is 0.400. The minimum absolute atomic E-state index is 0.0431. The topological polar surface area (TPSA) is 35.5 Å². The van der Waals surface area contributed by atoms with Crippen LogP contribution in [0.5, 0.6) is 5.75 Å². The molecule has 0 N–H and O–H groups in total. The lowest BCUT2D eigenvalue weighted by Crippen LogP contribution is -2.12. The molecule has 18 heavy (non-hydrogen) atoms. The summed E-state index contributed by atoms with van der Waals surface area (Å²) < 4.78 is 9.82. The van der Waals surface area contributed by atoms with Gasteiger partial charge in [0.25, 0.3) is 0 Å². The molecule has 0 unspecified atom stereocenters. The minimum Gasteiger partial charge on any atom is -0.482 e. The van der Waals surface area contributed by atoms with E-state index in [1.54, 1.807) is 0 Å². The fourth-order valence-corrected chi connectivity index (χ4v) is 2.07. The van der Waals surface area contributed by atoms with Gasteiger partial charge in [-0.05, 0) is 49.0 Å². The molecule has 1 aliphatic carbocycles. The quantitative estimate of drug-likeness (QED) is 0.765. The number of hydrogen-bond acceptors (Lipinski definition) is 3. The summed E-state index contributed by atoms with van der Waals surface area (Å²) in [5.41, 5.74) is 2.67. The Morgan fingerprint density at radius 1 is 1.22 bits per heavy atom. The molecule has 0 atom stereocenters. The number of carbonyl (C=O) groups excluding carboxylic acids is 1. The van der Waals surface area contributed by atoms with Gasteiger partial charge in [0.1, 0.15) is 5.75 Å². The van der Waals surface area contributed by atoms with Crippen molar-refractivity contribution in [3.8, 4) is 5.75 Å². The zero-order chi connectivity index (χ0) is 12.8. The highest BCUT2D eigenvalue weighted by atomic mass is 16.6. The van der Waals surface area contributed by atoms with Crippen molar-refractivity contribution in [2.24, 2.45) is 0 Å². The van der Waals surface area contributed by atoms with E-state index in [4.69, 9.17) is 4.74 Å². The molecule has 1 aliphatic rings.